The second-order valence-corrected chi connectivity index (χ2v) is 3.02. The fourth-order valence-electron chi connectivity index (χ4n) is 1.27. The maximum absolute atomic E-state index is 2.37. The Hall–Kier alpha value is -0.520. The molecule has 0 aromatic rings. The molecule has 1 radical (unpaired) electrons. The largest absolute Gasteiger partial charge is 0.0845 e. The van der Waals surface area contributed by atoms with Crippen molar-refractivity contribution in [1.29, 1.82) is 0 Å². The summed E-state index contributed by atoms with van der Waals surface area (Å²) in [7, 11) is 0. The lowest BCUT2D eigenvalue weighted by Gasteiger charge is -1.96. The summed E-state index contributed by atoms with van der Waals surface area (Å²) in [6.45, 7) is 0. The highest BCUT2D eigenvalue weighted by molar-refractivity contribution is 5.03. The van der Waals surface area contributed by atoms with Gasteiger partial charge in [-0.15, -0.1) is 0 Å². The number of allylic oxidation sites excluding steroid dienone is 4. The molecule has 0 atom stereocenters. The fourth-order valence-corrected chi connectivity index (χ4v) is 1.27. The van der Waals surface area contributed by atoms with Crippen molar-refractivity contribution in [2.24, 2.45) is 0 Å². The summed E-state index contributed by atoms with van der Waals surface area (Å²) in [6, 6.07) is 0. The number of hydrogen-bond donors (Lipinski definition) is 0. The molecule has 11 heavy (non-hydrogen) atoms. The molecule has 0 fully saturated rings. The quantitative estimate of drug-likeness (QED) is 0.493. The van der Waals surface area contributed by atoms with Gasteiger partial charge in [0.2, 0.25) is 0 Å². The smallest absolute Gasteiger partial charge is 0.0316 e. The van der Waals surface area contributed by atoms with Crippen molar-refractivity contribution < 1.29 is 0 Å². The molecule has 1 rings (SSSR count). The lowest BCUT2D eigenvalue weighted by atomic mass is 10.1. The van der Waals surface area contributed by atoms with Gasteiger partial charge < -0.3 is 0 Å². The highest BCUT2D eigenvalue weighted by atomic mass is 14.0. The van der Waals surface area contributed by atoms with Crippen LogP contribution in [0, 0.1) is 6.42 Å². The Labute approximate surface area is 70.0 Å². The molecule has 0 unspecified atom stereocenters. The van der Waals surface area contributed by atoms with Crippen molar-refractivity contribution in [3.8, 4) is 0 Å². The van der Waals surface area contributed by atoms with Crippen LogP contribution in [0.2, 0.25) is 0 Å². The average Bonchev–Trinajstić information content (AvgIpc) is 2.08. The zero-order valence-corrected chi connectivity index (χ0v) is 7.13. The molecular weight excluding hydrogens is 132 g/mol. The molecule has 0 aliphatic heterocycles. The van der Waals surface area contributed by atoms with Crippen molar-refractivity contribution in [1.82, 2.24) is 0 Å². The van der Waals surface area contributed by atoms with Crippen LogP contribution in [0.5, 0.6) is 0 Å². The van der Waals surface area contributed by atoms with E-state index in [1.54, 1.807) is 0 Å². The Morgan fingerprint density at radius 1 is 0.727 bits per heavy atom. The number of hydrogen-bond acceptors (Lipinski definition) is 0. The molecule has 0 aromatic heterocycles. The lowest BCUT2D eigenvalue weighted by molar-refractivity contribution is 0.677. The van der Waals surface area contributed by atoms with Crippen molar-refractivity contribution in [2.75, 3.05) is 0 Å². The van der Waals surface area contributed by atoms with Crippen LogP contribution in [0.1, 0.15) is 38.5 Å². The van der Waals surface area contributed by atoms with Crippen LogP contribution in [0.4, 0.5) is 0 Å². The summed E-state index contributed by atoms with van der Waals surface area (Å²) in [5.41, 5.74) is 0. The lowest BCUT2D eigenvalue weighted by Crippen LogP contribution is -1.77. The third kappa shape index (κ3) is 4.83. The first-order chi connectivity index (χ1) is 5.50. The van der Waals surface area contributed by atoms with E-state index in [1.165, 1.54) is 32.1 Å². The highest BCUT2D eigenvalue weighted by Crippen LogP contribution is 2.08. The first-order valence-corrected chi connectivity index (χ1v) is 4.63. The molecule has 0 N–H and O–H groups in total. The monoisotopic (exact) mass is 149 g/mol. The van der Waals surface area contributed by atoms with E-state index in [9.17, 15) is 0 Å². The highest BCUT2D eigenvalue weighted by Gasteiger charge is 1.89. The van der Waals surface area contributed by atoms with E-state index in [4.69, 9.17) is 0 Å². The van der Waals surface area contributed by atoms with Gasteiger partial charge in [-0.05, 0) is 32.1 Å². The molecule has 1 aliphatic rings. The summed E-state index contributed by atoms with van der Waals surface area (Å²) in [6.07, 6.45) is 19.0. The van der Waals surface area contributed by atoms with Crippen LogP contribution in [0.3, 0.4) is 0 Å². The third-order valence-electron chi connectivity index (χ3n) is 1.97. The Balaban J connectivity index is 2.22. The SMILES string of the molecule is [CH]1C/C=C/C=C\CCCCC1. The second-order valence-electron chi connectivity index (χ2n) is 3.02. The Morgan fingerprint density at radius 2 is 1.55 bits per heavy atom. The van der Waals surface area contributed by atoms with Crippen LogP contribution in [0.15, 0.2) is 24.3 Å². The zero-order valence-electron chi connectivity index (χ0n) is 7.13. The van der Waals surface area contributed by atoms with E-state index in [0.717, 1.165) is 6.42 Å². The van der Waals surface area contributed by atoms with Crippen molar-refractivity contribution in [3.63, 3.8) is 0 Å². The van der Waals surface area contributed by atoms with Crippen molar-refractivity contribution in [3.05, 3.63) is 30.7 Å². The van der Waals surface area contributed by atoms with Gasteiger partial charge in [-0.2, -0.15) is 0 Å². The van der Waals surface area contributed by atoms with Gasteiger partial charge in [0.1, 0.15) is 0 Å². The molecule has 0 amide bonds. The average molecular weight is 149 g/mol. The molecule has 0 aromatic carbocycles. The van der Waals surface area contributed by atoms with E-state index >= 15 is 0 Å². The summed E-state index contributed by atoms with van der Waals surface area (Å²) in [5, 5.41) is 0. The standard InChI is InChI=1S/C11H17/c1-2-4-6-8-10-11-9-7-5-3-1/h1-4,7H,5-6,8-11H2/b3-1+,4-2-. The predicted molar refractivity (Wildman–Crippen MR) is 50.3 cm³/mol. The second kappa shape index (κ2) is 6.21. The summed E-state index contributed by atoms with van der Waals surface area (Å²) in [4.78, 5) is 0. The molecule has 0 heterocycles. The molecule has 1 aliphatic carbocycles. The van der Waals surface area contributed by atoms with E-state index in [-0.39, 0.29) is 0 Å². The Bertz CT molecular complexity index is 115. The molecule has 0 spiro atoms. The van der Waals surface area contributed by atoms with Crippen LogP contribution in [-0.2, 0) is 0 Å². The van der Waals surface area contributed by atoms with E-state index < -0.39 is 0 Å². The minimum atomic E-state index is 1.14. The Morgan fingerprint density at radius 3 is 2.55 bits per heavy atom. The minimum absolute atomic E-state index is 1.14. The first-order valence-electron chi connectivity index (χ1n) is 4.63. The summed E-state index contributed by atoms with van der Waals surface area (Å²) in [5.74, 6) is 0. The predicted octanol–water partition coefficient (Wildman–Crippen LogP) is 3.66. The number of rotatable bonds is 0. The van der Waals surface area contributed by atoms with Crippen molar-refractivity contribution >= 4 is 0 Å². The van der Waals surface area contributed by atoms with Gasteiger partial charge in [-0.1, -0.05) is 37.1 Å². The molecule has 0 bridgehead atoms. The van der Waals surface area contributed by atoms with Crippen molar-refractivity contribution in [2.45, 2.75) is 38.5 Å². The van der Waals surface area contributed by atoms with Gasteiger partial charge in [-0.3, -0.25) is 0 Å². The fraction of sp³-hybridized carbons (Fsp3) is 0.545. The maximum atomic E-state index is 2.37. The molecule has 61 valence electrons. The van der Waals surface area contributed by atoms with Crippen LogP contribution < -0.4 is 0 Å². The van der Waals surface area contributed by atoms with Gasteiger partial charge >= 0.3 is 0 Å². The first kappa shape index (κ1) is 8.58. The van der Waals surface area contributed by atoms with Gasteiger partial charge in [0.25, 0.3) is 0 Å². The van der Waals surface area contributed by atoms with Crippen LogP contribution in [0.25, 0.3) is 0 Å². The molecular formula is C11H17. The summed E-state index contributed by atoms with van der Waals surface area (Å²) < 4.78 is 0. The minimum Gasteiger partial charge on any atom is -0.0845 e. The molecule has 0 saturated carbocycles. The van der Waals surface area contributed by atoms with E-state index in [1.807, 2.05) is 0 Å². The van der Waals surface area contributed by atoms with Gasteiger partial charge in [0.05, 0.1) is 0 Å². The van der Waals surface area contributed by atoms with Crippen LogP contribution in [-0.4, -0.2) is 0 Å². The van der Waals surface area contributed by atoms with Gasteiger partial charge in [0, 0.05) is 0 Å². The maximum Gasteiger partial charge on any atom is -0.0316 e. The topological polar surface area (TPSA) is 0 Å². The third-order valence-corrected chi connectivity index (χ3v) is 1.97. The van der Waals surface area contributed by atoms with E-state index in [0.29, 0.717) is 0 Å². The normalized spacial score (nSPS) is 26.9. The van der Waals surface area contributed by atoms with E-state index in [2.05, 4.69) is 30.7 Å². The Kier molecular flexibility index (Phi) is 4.84. The van der Waals surface area contributed by atoms with Gasteiger partial charge in [0.15, 0.2) is 0 Å². The zero-order chi connectivity index (χ0) is 7.78. The van der Waals surface area contributed by atoms with Gasteiger partial charge in [-0.25, -0.2) is 0 Å². The summed E-state index contributed by atoms with van der Waals surface area (Å²) >= 11 is 0. The molecule has 0 saturated heterocycles. The molecule has 0 heteroatoms. The van der Waals surface area contributed by atoms with Crippen LogP contribution >= 0.6 is 0 Å². The molecule has 0 nitrogen and oxygen atoms in total.